The highest BCUT2D eigenvalue weighted by Gasteiger charge is 2.31. The van der Waals surface area contributed by atoms with Crippen LogP contribution in [0.15, 0.2) is 0 Å². The summed E-state index contributed by atoms with van der Waals surface area (Å²) in [7, 11) is 0. The Bertz CT molecular complexity index is 321. The van der Waals surface area contributed by atoms with Gasteiger partial charge in [-0.15, -0.1) is 0 Å². The number of hydrogen-bond acceptors (Lipinski definition) is 3. The Morgan fingerprint density at radius 1 is 1.33 bits per heavy atom. The predicted octanol–water partition coefficient (Wildman–Crippen LogP) is 3.80. The summed E-state index contributed by atoms with van der Waals surface area (Å²) in [4.78, 5) is 14.0. The Labute approximate surface area is 130 Å². The van der Waals surface area contributed by atoms with E-state index in [-0.39, 0.29) is 12.1 Å². The maximum absolute atomic E-state index is 12.2. The number of piperidine rings is 1. The second kappa shape index (κ2) is 8.02. The second-order valence-electron chi connectivity index (χ2n) is 7.33. The number of amides is 1. The SMILES string of the molecule is CCC(CC)CNC1CCN(C(=O)OC(C)(C)C)C(C)C1. The van der Waals surface area contributed by atoms with Gasteiger partial charge in [-0.05, 0) is 53.0 Å². The third-order valence-corrected chi connectivity index (χ3v) is 4.35. The van der Waals surface area contributed by atoms with Crippen molar-refractivity contribution in [2.75, 3.05) is 13.1 Å². The van der Waals surface area contributed by atoms with Crippen molar-refractivity contribution in [1.29, 1.82) is 0 Å². The third-order valence-electron chi connectivity index (χ3n) is 4.35. The number of nitrogens with one attached hydrogen (secondary N) is 1. The number of hydrogen-bond donors (Lipinski definition) is 1. The molecule has 1 fully saturated rings. The maximum Gasteiger partial charge on any atom is 0.410 e. The summed E-state index contributed by atoms with van der Waals surface area (Å²) in [6.07, 6.45) is 4.32. The first kappa shape index (κ1) is 18.3. The lowest BCUT2D eigenvalue weighted by Gasteiger charge is -2.39. The van der Waals surface area contributed by atoms with E-state index in [1.807, 2.05) is 25.7 Å². The van der Waals surface area contributed by atoms with E-state index >= 15 is 0 Å². The minimum absolute atomic E-state index is 0.173. The van der Waals surface area contributed by atoms with E-state index < -0.39 is 5.60 Å². The van der Waals surface area contributed by atoms with Gasteiger partial charge in [0.25, 0.3) is 0 Å². The van der Waals surface area contributed by atoms with E-state index in [0.29, 0.717) is 6.04 Å². The smallest absolute Gasteiger partial charge is 0.410 e. The first-order valence-corrected chi connectivity index (χ1v) is 8.49. The van der Waals surface area contributed by atoms with Gasteiger partial charge in [-0.2, -0.15) is 0 Å². The van der Waals surface area contributed by atoms with Gasteiger partial charge in [0.2, 0.25) is 0 Å². The summed E-state index contributed by atoms with van der Waals surface area (Å²) in [6, 6.07) is 0.770. The Morgan fingerprint density at radius 3 is 2.43 bits per heavy atom. The molecule has 4 heteroatoms. The highest BCUT2D eigenvalue weighted by atomic mass is 16.6. The van der Waals surface area contributed by atoms with Gasteiger partial charge < -0.3 is 15.0 Å². The third kappa shape index (κ3) is 6.25. The molecule has 0 saturated carbocycles. The van der Waals surface area contributed by atoms with Crippen molar-refractivity contribution < 1.29 is 9.53 Å². The normalized spacial score (nSPS) is 23.5. The predicted molar refractivity (Wildman–Crippen MR) is 87.5 cm³/mol. The van der Waals surface area contributed by atoms with Crippen molar-refractivity contribution >= 4 is 6.09 Å². The molecule has 0 bridgehead atoms. The van der Waals surface area contributed by atoms with Crippen LogP contribution in [0.4, 0.5) is 4.79 Å². The Hall–Kier alpha value is -0.770. The molecule has 124 valence electrons. The van der Waals surface area contributed by atoms with Crippen LogP contribution in [0.5, 0.6) is 0 Å². The molecule has 0 aromatic heterocycles. The van der Waals surface area contributed by atoms with Gasteiger partial charge in [0.05, 0.1) is 0 Å². The molecule has 2 atom stereocenters. The van der Waals surface area contributed by atoms with E-state index in [1.54, 1.807) is 0 Å². The molecule has 1 amide bonds. The lowest BCUT2D eigenvalue weighted by Crippen LogP contribution is -2.51. The number of nitrogens with zero attached hydrogens (tertiary/aromatic N) is 1. The van der Waals surface area contributed by atoms with E-state index in [4.69, 9.17) is 4.74 Å². The Morgan fingerprint density at radius 2 is 1.95 bits per heavy atom. The fraction of sp³-hybridized carbons (Fsp3) is 0.941. The van der Waals surface area contributed by atoms with Crippen molar-refractivity contribution in [1.82, 2.24) is 10.2 Å². The average Bonchev–Trinajstić information content (AvgIpc) is 2.37. The molecule has 0 aromatic rings. The fourth-order valence-corrected chi connectivity index (χ4v) is 2.86. The minimum Gasteiger partial charge on any atom is -0.444 e. The average molecular weight is 298 g/mol. The maximum atomic E-state index is 12.2. The lowest BCUT2D eigenvalue weighted by atomic mass is 9.97. The van der Waals surface area contributed by atoms with Gasteiger partial charge in [0.1, 0.15) is 5.60 Å². The molecular formula is C17H34N2O2. The van der Waals surface area contributed by atoms with Gasteiger partial charge in [-0.1, -0.05) is 26.7 Å². The molecule has 21 heavy (non-hydrogen) atoms. The quantitative estimate of drug-likeness (QED) is 0.839. The highest BCUT2D eigenvalue weighted by Crippen LogP contribution is 2.21. The minimum atomic E-state index is -0.415. The van der Waals surface area contributed by atoms with E-state index in [1.165, 1.54) is 12.8 Å². The molecule has 1 saturated heterocycles. The zero-order valence-corrected chi connectivity index (χ0v) is 14.7. The van der Waals surface area contributed by atoms with E-state index in [9.17, 15) is 4.79 Å². The van der Waals surface area contributed by atoms with Crippen LogP contribution >= 0.6 is 0 Å². The van der Waals surface area contributed by atoms with Gasteiger partial charge in [-0.25, -0.2) is 4.79 Å². The van der Waals surface area contributed by atoms with Crippen LogP contribution in [0.25, 0.3) is 0 Å². The first-order chi connectivity index (χ1) is 9.76. The fourth-order valence-electron chi connectivity index (χ4n) is 2.86. The molecule has 0 spiro atoms. The van der Waals surface area contributed by atoms with E-state index in [0.717, 1.165) is 31.8 Å². The number of carbonyl (C=O) groups is 1. The van der Waals surface area contributed by atoms with Crippen molar-refractivity contribution in [3.8, 4) is 0 Å². The van der Waals surface area contributed by atoms with Crippen molar-refractivity contribution in [3.63, 3.8) is 0 Å². The summed E-state index contributed by atoms with van der Waals surface area (Å²) in [5.41, 5.74) is -0.415. The molecule has 0 aliphatic carbocycles. The van der Waals surface area contributed by atoms with Gasteiger partial charge in [0.15, 0.2) is 0 Å². The van der Waals surface area contributed by atoms with Gasteiger partial charge in [0, 0.05) is 18.6 Å². The van der Waals surface area contributed by atoms with Crippen LogP contribution in [0.3, 0.4) is 0 Å². The van der Waals surface area contributed by atoms with Crippen molar-refractivity contribution in [2.24, 2.45) is 5.92 Å². The monoisotopic (exact) mass is 298 g/mol. The second-order valence-corrected chi connectivity index (χ2v) is 7.33. The number of rotatable bonds is 5. The molecule has 0 aromatic carbocycles. The highest BCUT2D eigenvalue weighted by molar-refractivity contribution is 5.68. The molecule has 4 nitrogen and oxygen atoms in total. The topological polar surface area (TPSA) is 41.6 Å². The van der Waals surface area contributed by atoms with Gasteiger partial charge >= 0.3 is 6.09 Å². The summed E-state index contributed by atoms with van der Waals surface area (Å²) < 4.78 is 5.48. The van der Waals surface area contributed by atoms with Crippen molar-refractivity contribution in [2.45, 2.75) is 84.9 Å². The molecular weight excluding hydrogens is 264 g/mol. The Balaban J connectivity index is 2.41. The summed E-state index contributed by atoms with van der Waals surface area (Å²) in [5, 5.41) is 3.68. The number of ether oxygens (including phenoxy) is 1. The van der Waals surface area contributed by atoms with Crippen molar-refractivity contribution in [3.05, 3.63) is 0 Å². The number of carbonyl (C=O) groups excluding carboxylic acids is 1. The molecule has 1 aliphatic heterocycles. The zero-order valence-electron chi connectivity index (χ0n) is 14.7. The summed E-state index contributed by atoms with van der Waals surface area (Å²) in [6.45, 7) is 14.3. The molecule has 1 rings (SSSR count). The molecule has 1 N–H and O–H groups in total. The summed E-state index contributed by atoms with van der Waals surface area (Å²) >= 11 is 0. The standard InChI is InChI=1S/C17H34N2O2/c1-7-14(8-2)12-18-15-9-10-19(13(3)11-15)16(20)21-17(4,5)6/h13-15,18H,7-12H2,1-6H3. The van der Waals surface area contributed by atoms with Gasteiger partial charge in [-0.3, -0.25) is 0 Å². The van der Waals surface area contributed by atoms with E-state index in [2.05, 4.69) is 26.1 Å². The first-order valence-electron chi connectivity index (χ1n) is 8.49. The summed E-state index contributed by atoms with van der Waals surface area (Å²) in [5.74, 6) is 0.768. The largest absolute Gasteiger partial charge is 0.444 e. The molecule has 0 radical (unpaired) electrons. The van der Waals surface area contributed by atoms with Crippen LogP contribution in [0.1, 0.15) is 67.2 Å². The van der Waals surface area contributed by atoms with Crippen LogP contribution in [-0.4, -0.2) is 41.8 Å². The lowest BCUT2D eigenvalue weighted by molar-refractivity contribution is 0.00925. The Kier molecular flexibility index (Phi) is 6.98. The van der Waals surface area contributed by atoms with Crippen LogP contribution in [0.2, 0.25) is 0 Å². The molecule has 1 aliphatic rings. The van der Waals surface area contributed by atoms with Crippen LogP contribution < -0.4 is 5.32 Å². The molecule has 2 unspecified atom stereocenters. The molecule has 1 heterocycles. The van der Waals surface area contributed by atoms with Crippen LogP contribution in [-0.2, 0) is 4.74 Å². The van der Waals surface area contributed by atoms with Crippen LogP contribution in [0, 0.1) is 5.92 Å². The zero-order chi connectivity index (χ0) is 16.0. The number of likely N-dealkylation sites (tertiary alicyclic amines) is 1.